The molecule has 1 aliphatic rings. The minimum absolute atomic E-state index is 0.424. The lowest BCUT2D eigenvalue weighted by atomic mass is 10.4. The second-order valence-corrected chi connectivity index (χ2v) is 5.51. The van der Waals surface area contributed by atoms with Crippen molar-refractivity contribution in [1.29, 1.82) is 0 Å². The Labute approximate surface area is 71.1 Å². The second kappa shape index (κ2) is 4.17. The van der Waals surface area contributed by atoms with E-state index in [1.807, 2.05) is 0 Å². The molecule has 74 valence electrons. The van der Waals surface area contributed by atoms with Crippen molar-refractivity contribution >= 4 is 20.2 Å². The predicted molar refractivity (Wildman–Crippen MR) is 42.1 cm³/mol. The molecule has 0 saturated carbocycles. The quantitative estimate of drug-likeness (QED) is 0.533. The Morgan fingerprint density at radius 1 is 1.00 bits per heavy atom. The van der Waals surface area contributed by atoms with Gasteiger partial charge in [-0.3, -0.25) is 9.11 Å². The highest BCUT2D eigenvalue weighted by Gasteiger charge is 2.16. The van der Waals surface area contributed by atoms with Crippen molar-refractivity contribution in [3.05, 3.63) is 0 Å². The molecule has 0 amide bonds. The third-order valence-corrected chi connectivity index (χ3v) is 2.98. The van der Waals surface area contributed by atoms with Gasteiger partial charge in [-0.05, 0) is 12.8 Å². The summed E-state index contributed by atoms with van der Waals surface area (Å²) in [6.45, 7) is 0. The Morgan fingerprint density at radius 3 is 1.33 bits per heavy atom. The highest BCUT2D eigenvalue weighted by Crippen LogP contribution is 2.08. The molecule has 1 fully saturated rings. The van der Waals surface area contributed by atoms with Gasteiger partial charge in [-0.1, -0.05) is 0 Å². The molecule has 1 heterocycles. The third kappa shape index (κ3) is 9.82. The summed E-state index contributed by atoms with van der Waals surface area (Å²) in [5, 5.41) is 0. The predicted octanol–water partition coefficient (Wildman–Crippen LogP) is -0.458. The van der Waals surface area contributed by atoms with Crippen LogP contribution in [0, 0.1) is 0 Å². The first-order valence-corrected chi connectivity index (χ1v) is 6.33. The molecule has 1 aliphatic heterocycles. The van der Waals surface area contributed by atoms with Gasteiger partial charge in [0.25, 0.3) is 0 Å². The van der Waals surface area contributed by atoms with E-state index >= 15 is 0 Å². The Morgan fingerprint density at radius 2 is 1.25 bits per heavy atom. The molecule has 0 aliphatic carbocycles. The van der Waals surface area contributed by atoms with Gasteiger partial charge in [-0.15, -0.1) is 0 Å². The van der Waals surface area contributed by atoms with Crippen molar-refractivity contribution in [3.8, 4) is 0 Å². The van der Waals surface area contributed by atoms with Crippen LogP contribution in [0.2, 0.25) is 0 Å². The monoisotopic (exact) mass is 218 g/mol. The van der Waals surface area contributed by atoms with Crippen LogP contribution < -0.4 is 0 Å². The third-order valence-electron chi connectivity index (χ3n) is 1.16. The van der Waals surface area contributed by atoms with Crippen LogP contribution >= 0.6 is 0 Å². The topological polar surface area (TPSA) is 109 Å². The van der Waals surface area contributed by atoms with Gasteiger partial charge in [0.1, 0.15) is 9.84 Å². The summed E-state index contributed by atoms with van der Waals surface area (Å²) in [5.41, 5.74) is 0. The van der Waals surface area contributed by atoms with Crippen molar-refractivity contribution in [1.82, 2.24) is 0 Å². The van der Waals surface area contributed by atoms with Crippen LogP contribution in [0.4, 0.5) is 0 Å². The fourth-order valence-electron chi connectivity index (χ4n) is 0.746. The molecular formula is C4H10O6S2. The summed E-state index contributed by atoms with van der Waals surface area (Å²) in [6.07, 6.45) is 1.75. The molecule has 0 spiro atoms. The van der Waals surface area contributed by atoms with Gasteiger partial charge in [-0.2, -0.15) is 8.42 Å². The number of hydrogen-bond donors (Lipinski definition) is 2. The maximum atomic E-state index is 10.4. The summed E-state index contributed by atoms with van der Waals surface area (Å²) in [4.78, 5) is 0. The molecular weight excluding hydrogens is 208 g/mol. The molecule has 12 heavy (non-hydrogen) atoms. The number of hydrogen-bond acceptors (Lipinski definition) is 4. The molecule has 0 bridgehead atoms. The largest absolute Gasteiger partial charge is 0.394 e. The van der Waals surface area contributed by atoms with E-state index in [9.17, 15) is 8.42 Å². The highest BCUT2D eigenvalue weighted by atomic mass is 32.3. The number of rotatable bonds is 0. The zero-order valence-corrected chi connectivity index (χ0v) is 7.81. The van der Waals surface area contributed by atoms with Gasteiger partial charge in [0.15, 0.2) is 0 Å². The van der Waals surface area contributed by atoms with E-state index in [1.165, 1.54) is 0 Å². The van der Waals surface area contributed by atoms with E-state index in [0.29, 0.717) is 11.5 Å². The Balaban J connectivity index is 0.000000217. The van der Waals surface area contributed by atoms with E-state index in [1.54, 1.807) is 0 Å². The molecule has 8 heteroatoms. The lowest BCUT2D eigenvalue weighted by Crippen LogP contribution is -1.98. The average Bonchev–Trinajstić information content (AvgIpc) is 2.08. The van der Waals surface area contributed by atoms with Crippen LogP contribution in [0.3, 0.4) is 0 Å². The molecule has 0 radical (unpaired) electrons. The molecule has 1 rings (SSSR count). The maximum Gasteiger partial charge on any atom is 0.394 e. The SMILES string of the molecule is O=S(=O)(O)O.O=S1(=O)CCCC1. The van der Waals surface area contributed by atoms with Crippen molar-refractivity contribution in [3.63, 3.8) is 0 Å². The second-order valence-electron chi connectivity index (χ2n) is 2.31. The first-order valence-electron chi connectivity index (χ1n) is 3.11. The Hall–Kier alpha value is -0.180. The standard InChI is InChI=1S/C4H8O2S.H2O4S/c5-7(6)3-1-2-4-7;1-5(2,3)4/h1-4H2;(H2,1,2,3,4). The minimum Gasteiger partial charge on any atom is -0.264 e. The Kier molecular flexibility index (Phi) is 4.11. The van der Waals surface area contributed by atoms with Crippen LogP contribution in [-0.4, -0.2) is 37.4 Å². The summed E-state index contributed by atoms with van der Waals surface area (Å²) in [5.74, 6) is 0.847. The van der Waals surface area contributed by atoms with Crippen LogP contribution in [-0.2, 0) is 20.2 Å². The van der Waals surface area contributed by atoms with Gasteiger partial charge in [-0.25, -0.2) is 8.42 Å². The zero-order valence-electron chi connectivity index (χ0n) is 6.17. The van der Waals surface area contributed by atoms with Gasteiger partial charge < -0.3 is 0 Å². The van der Waals surface area contributed by atoms with E-state index in [4.69, 9.17) is 17.5 Å². The average molecular weight is 218 g/mol. The summed E-state index contributed by atoms with van der Waals surface area (Å²) >= 11 is 0. The summed E-state index contributed by atoms with van der Waals surface area (Å²) < 4.78 is 52.4. The van der Waals surface area contributed by atoms with E-state index in [-0.39, 0.29) is 0 Å². The molecule has 6 nitrogen and oxygen atoms in total. The lowest BCUT2D eigenvalue weighted by molar-refractivity contribution is 0.381. The highest BCUT2D eigenvalue weighted by molar-refractivity contribution is 7.91. The van der Waals surface area contributed by atoms with E-state index in [2.05, 4.69) is 0 Å². The zero-order chi connectivity index (χ0) is 9.83. The molecule has 0 aromatic carbocycles. The van der Waals surface area contributed by atoms with Crippen LogP contribution in [0.15, 0.2) is 0 Å². The van der Waals surface area contributed by atoms with Crippen molar-refractivity contribution in [2.24, 2.45) is 0 Å². The van der Waals surface area contributed by atoms with E-state index < -0.39 is 20.2 Å². The van der Waals surface area contributed by atoms with Crippen molar-refractivity contribution in [2.75, 3.05) is 11.5 Å². The van der Waals surface area contributed by atoms with Gasteiger partial charge in [0.2, 0.25) is 0 Å². The van der Waals surface area contributed by atoms with Gasteiger partial charge >= 0.3 is 10.4 Å². The molecule has 0 aromatic rings. The molecule has 0 unspecified atom stereocenters. The fourth-order valence-corrected chi connectivity index (χ4v) is 2.24. The molecule has 0 aromatic heterocycles. The maximum absolute atomic E-state index is 10.4. The lowest BCUT2D eigenvalue weighted by Gasteiger charge is -1.81. The minimum atomic E-state index is -4.67. The first kappa shape index (κ1) is 11.8. The van der Waals surface area contributed by atoms with Crippen molar-refractivity contribution < 1.29 is 25.9 Å². The first-order chi connectivity index (χ1) is 5.21. The van der Waals surface area contributed by atoms with Crippen LogP contribution in [0.5, 0.6) is 0 Å². The van der Waals surface area contributed by atoms with Crippen LogP contribution in [0.25, 0.3) is 0 Å². The smallest absolute Gasteiger partial charge is 0.264 e. The van der Waals surface area contributed by atoms with Crippen LogP contribution in [0.1, 0.15) is 12.8 Å². The summed E-state index contributed by atoms with van der Waals surface area (Å²) in [7, 11) is -7.21. The van der Waals surface area contributed by atoms with E-state index in [0.717, 1.165) is 12.8 Å². The number of sulfone groups is 1. The van der Waals surface area contributed by atoms with Gasteiger partial charge in [0.05, 0.1) is 11.5 Å². The molecule has 1 saturated heterocycles. The van der Waals surface area contributed by atoms with Crippen molar-refractivity contribution in [2.45, 2.75) is 12.8 Å². The normalized spacial score (nSPS) is 21.2. The molecule has 2 N–H and O–H groups in total. The summed E-state index contributed by atoms with van der Waals surface area (Å²) in [6, 6.07) is 0. The molecule has 0 atom stereocenters. The fraction of sp³-hybridized carbons (Fsp3) is 1.00. The Bertz CT molecular complexity index is 291. The van der Waals surface area contributed by atoms with Gasteiger partial charge in [0, 0.05) is 0 Å².